The van der Waals surface area contributed by atoms with E-state index in [4.69, 9.17) is 9.47 Å². The van der Waals surface area contributed by atoms with Gasteiger partial charge in [0.15, 0.2) is 6.61 Å². The van der Waals surface area contributed by atoms with Crippen molar-refractivity contribution in [1.82, 2.24) is 4.72 Å². The Balaban J connectivity index is 1.81. The monoisotopic (exact) mass is 363 g/mol. The summed E-state index contributed by atoms with van der Waals surface area (Å²) < 4.78 is 36.9. The lowest BCUT2D eigenvalue weighted by Gasteiger charge is -2.08. The predicted molar refractivity (Wildman–Crippen MR) is 93.9 cm³/mol. The van der Waals surface area contributed by atoms with E-state index >= 15 is 0 Å². The Morgan fingerprint density at radius 1 is 1.04 bits per heavy atom. The fourth-order valence-electron chi connectivity index (χ4n) is 2.11. The second-order valence-corrected chi connectivity index (χ2v) is 6.97. The first-order chi connectivity index (χ1) is 12.0. The summed E-state index contributed by atoms with van der Waals surface area (Å²) in [5.41, 5.74) is 0.958. The van der Waals surface area contributed by atoms with Crippen LogP contribution in [0.15, 0.2) is 59.5 Å². The first kappa shape index (κ1) is 19.0. The Morgan fingerprint density at radius 3 is 2.36 bits per heavy atom. The number of hydrogen-bond acceptors (Lipinski definition) is 5. The van der Waals surface area contributed by atoms with Crippen LogP contribution in [0.1, 0.15) is 12.5 Å². The SMILES string of the molecule is CCOC(=O)COc1ccc(CCNS(=O)(=O)c2ccccc2)cc1. The smallest absolute Gasteiger partial charge is 0.344 e. The van der Waals surface area contributed by atoms with E-state index in [0.717, 1.165) is 5.56 Å². The van der Waals surface area contributed by atoms with E-state index in [9.17, 15) is 13.2 Å². The molecule has 25 heavy (non-hydrogen) atoms. The summed E-state index contributed by atoms with van der Waals surface area (Å²) in [5, 5.41) is 0. The molecule has 0 unspecified atom stereocenters. The van der Waals surface area contributed by atoms with Crippen LogP contribution in [0.5, 0.6) is 5.75 Å². The number of esters is 1. The van der Waals surface area contributed by atoms with Gasteiger partial charge >= 0.3 is 5.97 Å². The van der Waals surface area contributed by atoms with Gasteiger partial charge in [0.2, 0.25) is 10.0 Å². The molecule has 134 valence electrons. The van der Waals surface area contributed by atoms with E-state index in [-0.39, 0.29) is 11.5 Å². The van der Waals surface area contributed by atoms with Crippen molar-refractivity contribution in [2.45, 2.75) is 18.2 Å². The zero-order chi connectivity index (χ0) is 18.1. The molecule has 0 saturated carbocycles. The number of rotatable bonds is 9. The van der Waals surface area contributed by atoms with Gasteiger partial charge in [0, 0.05) is 6.54 Å². The highest BCUT2D eigenvalue weighted by atomic mass is 32.2. The topological polar surface area (TPSA) is 81.7 Å². The molecule has 0 aromatic heterocycles. The van der Waals surface area contributed by atoms with E-state index in [1.54, 1.807) is 49.4 Å². The number of sulfonamides is 1. The van der Waals surface area contributed by atoms with E-state index < -0.39 is 16.0 Å². The molecule has 6 nitrogen and oxygen atoms in total. The summed E-state index contributed by atoms with van der Waals surface area (Å²) >= 11 is 0. The summed E-state index contributed by atoms with van der Waals surface area (Å²) in [6.07, 6.45) is 0.546. The lowest BCUT2D eigenvalue weighted by molar-refractivity contribution is -0.145. The molecule has 7 heteroatoms. The fraction of sp³-hybridized carbons (Fsp3) is 0.278. The van der Waals surface area contributed by atoms with Crippen LogP contribution in [-0.4, -0.2) is 34.1 Å². The number of hydrogen-bond donors (Lipinski definition) is 1. The Morgan fingerprint density at radius 2 is 1.72 bits per heavy atom. The zero-order valence-corrected chi connectivity index (χ0v) is 14.8. The molecule has 0 atom stereocenters. The lowest BCUT2D eigenvalue weighted by atomic mass is 10.1. The van der Waals surface area contributed by atoms with Crippen LogP contribution in [0.25, 0.3) is 0 Å². The fourth-order valence-corrected chi connectivity index (χ4v) is 3.16. The quantitative estimate of drug-likeness (QED) is 0.691. The standard InChI is InChI=1S/C18H21NO5S/c1-2-23-18(20)14-24-16-10-8-15(9-11-16)12-13-19-25(21,22)17-6-4-3-5-7-17/h3-11,19H,2,12-14H2,1H3. The van der Waals surface area contributed by atoms with Crippen LogP contribution in [-0.2, 0) is 26.0 Å². The number of carbonyl (C=O) groups excluding carboxylic acids is 1. The van der Waals surface area contributed by atoms with Gasteiger partial charge in [-0.25, -0.2) is 17.9 Å². The Hall–Kier alpha value is -2.38. The van der Waals surface area contributed by atoms with Crippen LogP contribution in [0, 0.1) is 0 Å². The summed E-state index contributed by atoms with van der Waals surface area (Å²) in [4.78, 5) is 11.5. The van der Waals surface area contributed by atoms with Crippen LogP contribution < -0.4 is 9.46 Å². The number of ether oxygens (including phenoxy) is 2. The van der Waals surface area contributed by atoms with E-state index in [2.05, 4.69) is 4.72 Å². The minimum atomic E-state index is -3.49. The third-order valence-corrected chi connectivity index (χ3v) is 4.82. The first-order valence-electron chi connectivity index (χ1n) is 7.93. The zero-order valence-electron chi connectivity index (χ0n) is 14.0. The molecule has 1 N–H and O–H groups in total. The third kappa shape index (κ3) is 6.21. The van der Waals surface area contributed by atoms with Gasteiger partial charge in [0.05, 0.1) is 11.5 Å². The molecule has 0 spiro atoms. The molecule has 2 aromatic carbocycles. The van der Waals surface area contributed by atoms with Gasteiger partial charge in [-0.3, -0.25) is 0 Å². The van der Waals surface area contributed by atoms with Crippen molar-refractivity contribution in [3.05, 3.63) is 60.2 Å². The van der Waals surface area contributed by atoms with Crippen molar-refractivity contribution in [2.24, 2.45) is 0 Å². The molecule has 0 aliphatic carbocycles. The van der Waals surface area contributed by atoms with E-state index in [0.29, 0.717) is 25.3 Å². The number of nitrogens with one attached hydrogen (secondary N) is 1. The molecule has 0 aliphatic heterocycles. The van der Waals surface area contributed by atoms with Crippen molar-refractivity contribution < 1.29 is 22.7 Å². The van der Waals surface area contributed by atoms with Gasteiger partial charge in [-0.1, -0.05) is 30.3 Å². The second-order valence-electron chi connectivity index (χ2n) is 5.20. The van der Waals surface area contributed by atoms with Crippen molar-refractivity contribution >= 4 is 16.0 Å². The lowest BCUT2D eigenvalue weighted by Crippen LogP contribution is -2.25. The van der Waals surface area contributed by atoms with Crippen molar-refractivity contribution in [3.63, 3.8) is 0 Å². The highest BCUT2D eigenvalue weighted by Crippen LogP contribution is 2.13. The maximum absolute atomic E-state index is 12.1. The van der Waals surface area contributed by atoms with E-state index in [1.165, 1.54) is 0 Å². The number of carbonyl (C=O) groups is 1. The summed E-state index contributed by atoms with van der Waals surface area (Å²) in [6, 6.07) is 15.4. The normalized spacial score (nSPS) is 11.1. The molecule has 2 aromatic rings. The predicted octanol–water partition coefficient (Wildman–Crippen LogP) is 2.15. The van der Waals surface area contributed by atoms with Gasteiger partial charge in [0.25, 0.3) is 0 Å². The molecular formula is C18H21NO5S. The summed E-state index contributed by atoms with van der Waals surface area (Å²) in [7, 11) is -3.49. The molecule has 0 saturated heterocycles. The highest BCUT2D eigenvalue weighted by Gasteiger charge is 2.12. The summed E-state index contributed by atoms with van der Waals surface area (Å²) in [6.45, 7) is 2.21. The van der Waals surface area contributed by atoms with Crippen LogP contribution in [0.2, 0.25) is 0 Å². The molecule has 0 amide bonds. The maximum Gasteiger partial charge on any atom is 0.344 e. The average Bonchev–Trinajstić information content (AvgIpc) is 2.62. The third-order valence-electron chi connectivity index (χ3n) is 3.34. The first-order valence-corrected chi connectivity index (χ1v) is 9.41. The molecule has 0 fully saturated rings. The van der Waals surface area contributed by atoms with Crippen LogP contribution in [0.4, 0.5) is 0 Å². The maximum atomic E-state index is 12.1. The van der Waals surface area contributed by atoms with Crippen LogP contribution >= 0.6 is 0 Å². The average molecular weight is 363 g/mol. The minimum absolute atomic E-state index is 0.135. The van der Waals surface area contributed by atoms with Crippen LogP contribution in [0.3, 0.4) is 0 Å². The number of benzene rings is 2. The molecule has 0 radical (unpaired) electrons. The molecule has 2 rings (SSSR count). The van der Waals surface area contributed by atoms with Gasteiger partial charge < -0.3 is 9.47 Å². The van der Waals surface area contributed by atoms with Gasteiger partial charge in [0.1, 0.15) is 5.75 Å². The summed E-state index contributed by atoms with van der Waals surface area (Å²) in [5.74, 6) is 0.142. The molecular weight excluding hydrogens is 342 g/mol. The van der Waals surface area contributed by atoms with Gasteiger partial charge in [-0.15, -0.1) is 0 Å². The largest absolute Gasteiger partial charge is 0.482 e. The second kappa shape index (κ2) is 9.19. The Labute approximate surface area is 147 Å². The molecule has 0 bridgehead atoms. The Bertz CT molecular complexity index is 773. The highest BCUT2D eigenvalue weighted by molar-refractivity contribution is 7.89. The van der Waals surface area contributed by atoms with E-state index in [1.807, 2.05) is 12.1 Å². The molecule has 0 heterocycles. The van der Waals surface area contributed by atoms with Crippen molar-refractivity contribution in [1.29, 1.82) is 0 Å². The Kier molecular flexibility index (Phi) is 6.97. The van der Waals surface area contributed by atoms with Crippen molar-refractivity contribution in [3.8, 4) is 5.75 Å². The van der Waals surface area contributed by atoms with Crippen molar-refractivity contribution in [2.75, 3.05) is 19.8 Å². The minimum Gasteiger partial charge on any atom is -0.482 e. The van der Waals surface area contributed by atoms with Gasteiger partial charge in [-0.05, 0) is 43.2 Å². The molecule has 0 aliphatic rings. The van der Waals surface area contributed by atoms with Gasteiger partial charge in [-0.2, -0.15) is 0 Å².